The molecule has 0 aromatic carbocycles. The number of hydrogen-bond donors (Lipinski definition) is 1. The van der Waals surface area contributed by atoms with Gasteiger partial charge in [0.05, 0.1) is 11.9 Å². The lowest BCUT2D eigenvalue weighted by Crippen LogP contribution is -2.19. The highest BCUT2D eigenvalue weighted by Crippen LogP contribution is 2.21. The summed E-state index contributed by atoms with van der Waals surface area (Å²) in [5.74, 6) is 0.508. The van der Waals surface area contributed by atoms with Crippen molar-refractivity contribution in [1.82, 2.24) is 9.55 Å². The molecule has 1 saturated heterocycles. The van der Waals surface area contributed by atoms with Crippen molar-refractivity contribution >= 4 is 23.5 Å². The summed E-state index contributed by atoms with van der Waals surface area (Å²) in [6.45, 7) is 9.16. The van der Waals surface area contributed by atoms with Crippen molar-refractivity contribution in [2.24, 2.45) is 0 Å². The maximum atomic E-state index is 12.6. The minimum absolute atomic E-state index is 0.0837. The third-order valence-electron chi connectivity index (χ3n) is 5.16. The third kappa shape index (κ3) is 4.25. The van der Waals surface area contributed by atoms with Crippen LogP contribution in [0.2, 0.25) is 0 Å². The standard InChI is InChI=1S/C22H27N5O/c1-4-9-27-16(2)12-18(17(27)3)13-19(14-23)22(28)25-20-7-8-21(24-15-20)26-10-5-6-11-26/h7-8,12-13,15H,4-6,9-11H2,1-3H3,(H,25,28)/b19-13+. The van der Waals surface area contributed by atoms with Gasteiger partial charge in [-0.05, 0) is 62.9 Å². The first kappa shape index (κ1) is 19.7. The zero-order chi connectivity index (χ0) is 20.1. The SMILES string of the molecule is CCCn1c(C)cc(/C=C(\C#N)C(=O)Nc2ccc(N3CCCC3)nc2)c1C. The Morgan fingerprint density at radius 1 is 1.32 bits per heavy atom. The van der Waals surface area contributed by atoms with E-state index in [1.165, 1.54) is 12.8 Å². The molecule has 1 aliphatic rings. The van der Waals surface area contributed by atoms with Crippen molar-refractivity contribution in [3.05, 3.63) is 46.9 Å². The Bertz CT molecular complexity index is 912. The van der Waals surface area contributed by atoms with Crippen molar-refractivity contribution < 1.29 is 4.79 Å². The average molecular weight is 377 g/mol. The van der Waals surface area contributed by atoms with E-state index in [1.54, 1.807) is 12.3 Å². The number of aryl methyl sites for hydroxylation is 1. The highest BCUT2D eigenvalue weighted by Gasteiger charge is 2.15. The number of hydrogen-bond acceptors (Lipinski definition) is 4. The summed E-state index contributed by atoms with van der Waals surface area (Å²) in [6.07, 6.45) is 6.72. The van der Waals surface area contributed by atoms with Crippen LogP contribution in [0.15, 0.2) is 30.0 Å². The van der Waals surface area contributed by atoms with Gasteiger partial charge in [0.15, 0.2) is 0 Å². The number of carbonyl (C=O) groups is 1. The fourth-order valence-corrected chi connectivity index (χ4v) is 3.64. The molecule has 0 bridgehead atoms. The van der Waals surface area contributed by atoms with Gasteiger partial charge in [0, 0.05) is 31.0 Å². The molecule has 1 amide bonds. The summed E-state index contributed by atoms with van der Waals surface area (Å²) in [5, 5.41) is 12.3. The Morgan fingerprint density at radius 3 is 2.68 bits per heavy atom. The Kier molecular flexibility index (Phi) is 6.15. The molecule has 3 heterocycles. The van der Waals surface area contributed by atoms with Crippen LogP contribution in [0.3, 0.4) is 0 Å². The fraction of sp³-hybridized carbons (Fsp3) is 0.409. The average Bonchev–Trinajstić information content (AvgIpc) is 3.31. The maximum absolute atomic E-state index is 12.6. The van der Waals surface area contributed by atoms with E-state index >= 15 is 0 Å². The van der Waals surface area contributed by atoms with Crippen LogP contribution < -0.4 is 10.2 Å². The van der Waals surface area contributed by atoms with Crippen LogP contribution in [-0.2, 0) is 11.3 Å². The van der Waals surface area contributed by atoms with Crippen LogP contribution in [0.4, 0.5) is 11.5 Å². The fourth-order valence-electron chi connectivity index (χ4n) is 3.64. The first-order valence-electron chi connectivity index (χ1n) is 9.84. The molecule has 0 atom stereocenters. The maximum Gasteiger partial charge on any atom is 0.266 e. The topological polar surface area (TPSA) is 74.0 Å². The van der Waals surface area contributed by atoms with Crippen LogP contribution in [0.5, 0.6) is 0 Å². The van der Waals surface area contributed by atoms with Crippen molar-refractivity contribution in [1.29, 1.82) is 5.26 Å². The van der Waals surface area contributed by atoms with Gasteiger partial charge >= 0.3 is 0 Å². The predicted octanol–water partition coefficient (Wildman–Crippen LogP) is 4.06. The quantitative estimate of drug-likeness (QED) is 0.609. The van der Waals surface area contributed by atoms with Crippen LogP contribution in [-0.4, -0.2) is 28.5 Å². The molecule has 0 radical (unpaired) electrons. The van der Waals surface area contributed by atoms with E-state index in [2.05, 4.69) is 26.7 Å². The van der Waals surface area contributed by atoms with Crippen LogP contribution in [0.1, 0.15) is 43.1 Å². The lowest BCUT2D eigenvalue weighted by molar-refractivity contribution is -0.112. The van der Waals surface area contributed by atoms with E-state index in [9.17, 15) is 10.1 Å². The number of carbonyl (C=O) groups excluding carboxylic acids is 1. The van der Waals surface area contributed by atoms with E-state index in [0.29, 0.717) is 5.69 Å². The van der Waals surface area contributed by atoms with Gasteiger partial charge < -0.3 is 14.8 Å². The zero-order valence-corrected chi connectivity index (χ0v) is 16.8. The predicted molar refractivity (Wildman–Crippen MR) is 112 cm³/mol. The van der Waals surface area contributed by atoms with E-state index in [0.717, 1.165) is 48.8 Å². The smallest absolute Gasteiger partial charge is 0.266 e. The Balaban J connectivity index is 1.74. The Morgan fingerprint density at radius 2 is 2.07 bits per heavy atom. The van der Waals surface area contributed by atoms with Crippen molar-refractivity contribution in [2.45, 2.75) is 46.6 Å². The Labute approximate surface area is 166 Å². The highest BCUT2D eigenvalue weighted by atomic mass is 16.1. The van der Waals surface area contributed by atoms with E-state index < -0.39 is 5.91 Å². The number of nitriles is 1. The van der Waals surface area contributed by atoms with Gasteiger partial charge in [-0.2, -0.15) is 5.26 Å². The lowest BCUT2D eigenvalue weighted by atomic mass is 10.1. The number of pyridine rings is 1. The summed E-state index contributed by atoms with van der Waals surface area (Å²) < 4.78 is 2.21. The molecule has 1 fully saturated rings. The van der Waals surface area contributed by atoms with Crippen LogP contribution in [0, 0.1) is 25.2 Å². The van der Waals surface area contributed by atoms with E-state index in [4.69, 9.17) is 0 Å². The number of nitrogens with zero attached hydrogens (tertiary/aromatic N) is 4. The molecule has 6 heteroatoms. The monoisotopic (exact) mass is 377 g/mol. The first-order valence-corrected chi connectivity index (χ1v) is 9.84. The normalized spacial score (nSPS) is 14.2. The molecular weight excluding hydrogens is 350 g/mol. The minimum atomic E-state index is -0.418. The number of rotatable bonds is 6. The van der Waals surface area contributed by atoms with Gasteiger partial charge in [-0.15, -0.1) is 0 Å². The molecule has 0 spiro atoms. The number of anilines is 2. The second-order valence-electron chi connectivity index (χ2n) is 7.20. The first-order chi connectivity index (χ1) is 13.5. The van der Waals surface area contributed by atoms with Gasteiger partial charge in [0.1, 0.15) is 17.5 Å². The van der Waals surface area contributed by atoms with E-state index in [-0.39, 0.29) is 5.57 Å². The van der Waals surface area contributed by atoms with Gasteiger partial charge in [0.2, 0.25) is 0 Å². The van der Waals surface area contributed by atoms with Gasteiger partial charge in [-0.25, -0.2) is 4.98 Å². The second kappa shape index (κ2) is 8.75. The molecule has 6 nitrogen and oxygen atoms in total. The number of nitrogens with one attached hydrogen (secondary N) is 1. The summed E-state index contributed by atoms with van der Waals surface area (Å²) in [7, 11) is 0. The van der Waals surface area contributed by atoms with Crippen molar-refractivity contribution in [3.8, 4) is 6.07 Å². The Hall–Kier alpha value is -3.07. The van der Waals surface area contributed by atoms with Gasteiger partial charge in [-0.1, -0.05) is 6.92 Å². The van der Waals surface area contributed by atoms with Crippen molar-refractivity contribution in [2.75, 3.05) is 23.3 Å². The molecule has 0 unspecified atom stereocenters. The molecule has 28 heavy (non-hydrogen) atoms. The third-order valence-corrected chi connectivity index (χ3v) is 5.16. The lowest BCUT2D eigenvalue weighted by Gasteiger charge is -2.16. The molecule has 2 aromatic rings. The number of amides is 1. The molecule has 0 saturated carbocycles. The largest absolute Gasteiger partial charge is 0.357 e. The van der Waals surface area contributed by atoms with E-state index in [1.807, 2.05) is 38.1 Å². The van der Waals surface area contributed by atoms with Crippen molar-refractivity contribution in [3.63, 3.8) is 0 Å². The minimum Gasteiger partial charge on any atom is -0.357 e. The molecule has 146 valence electrons. The summed E-state index contributed by atoms with van der Waals surface area (Å²) in [5.41, 5.74) is 3.77. The van der Waals surface area contributed by atoms with Gasteiger partial charge in [0.25, 0.3) is 5.91 Å². The second-order valence-corrected chi connectivity index (χ2v) is 7.20. The molecular formula is C22H27N5O. The molecule has 2 aromatic heterocycles. The summed E-state index contributed by atoms with van der Waals surface area (Å²) >= 11 is 0. The zero-order valence-electron chi connectivity index (χ0n) is 16.8. The summed E-state index contributed by atoms with van der Waals surface area (Å²) in [6, 6.07) is 7.79. The number of aromatic nitrogens is 2. The van der Waals surface area contributed by atoms with Crippen LogP contribution in [0.25, 0.3) is 6.08 Å². The van der Waals surface area contributed by atoms with Crippen LogP contribution >= 0.6 is 0 Å². The molecule has 1 aliphatic heterocycles. The van der Waals surface area contributed by atoms with Gasteiger partial charge in [-0.3, -0.25) is 4.79 Å². The molecule has 3 rings (SSSR count). The highest BCUT2D eigenvalue weighted by molar-refractivity contribution is 6.09. The molecule has 1 N–H and O–H groups in total. The molecule has 0 aliphatic carbocycles. The summed E-state index contributed by atoms with van der Waals surface area (Å²) in [4.78, 5) is 19.2.